The van der Waals surface area contributed by atoms with Crippen LogP contribution in [0.4, 0.5) is 4.79 Å². The number of nitrogens with zero attached hydrogens (tertiary/aromatic N) is 1. The highest BCUT2D eigenvalue weighted by Crippen LogP contribution is 2.17. The van der Waals surface area contributed by atoms with Crippen LogP contribution in [-0.2, 0) is 4.74 Å². The summed E-state index contributed by atoms with van der Waals surface area (Å²) in [6.45, 7) is 3.44. The lowest BCUT2D eigenvalue weighted by Gasteiger charge is -2.15. The summed E-state index contributed by atoms with van der Waals surface area (Å²) < 4.78 is 5.17. The van der Waals surface area contributed by atoms with Crippen LogP contribution in [-0.4, -0.2) is 42.9 Å². The molecule has 0 aromatic rings. The molecule has 0 rings (SSSR count). The minimum Gasteiger partial charge on any atom is -0.450 e. The van der Waals surface area contributed by atoms with E-state index in [4.69, 9.17) is 9.84 Å². The molecule has 0 heterocycles. The molecule has 222 valence electrons. The lowest BCUT2D eigenvalue weighted by Crippen LogP contribution is -2.16. The van der Waals surface area contributed by atoms with Crippen LogP contribution < -0.4 is 0 Å². The zero-order valence-corrected chi connectivity index (χ0v) is 25.5. The molecule has 0 radical (unpaired) electrons. The van der Waals surface area contributed by atoms with Gasteiger partial charge in [-0.3, -0.25) is 0 Å². The summed E-state index contributed by atoms with van der Waals surface area (Å²) in [5.41, 5.74) is 0. The minimum atomic E-state index is -1.12. The summed E-state index contributed by atoms with van der Waals surface area (Å²) in [6, 6.07) is 0. The molecule has 0 bridgehead atoms. The van der Waals surface area contributed by atoms with Crippen molar-refractivity contribution in [3.05, 3.63) is 36.5 Å². The fraction of sp³-hybridized carbons (Fsp3) is 0.794. The highest BCUT2D eigenvalue weighted by atomic mass is 16.7. The quantitative estimate of drug-likeness (QED) is 0.0617. The molecule has 0 saturated heterocycles. The Morgan fingerprint density at radius 2 is 1.05 bits per heavy atom. The van der Waals surface area contributed by atoms with E-state index >= 15 is 0 Å². The van der Waals surface area contributed by atoms with Crippen molar-refractivity contribution in [1.82, 2.24) is 4.90 Å². The van der Waals surface area contributed by atoms with Crippen LogP contribution in [0.25, 0.3) is 0 Å². The predicted octanol–water partition coefficient (Wildman–Crippen LogP) is 10.9. The number of carbonyl (C=O) groups is 1. The first-order valence-electron chi connectivity index (χ1n) is 16.1. The van der Waals surface area contributed by atoms with Gasteiger partial charge in [0.1, 0.15) is 6.10 Å². The van der Waals surface area contributed by atoms with E-state index in [1.54, 1.807) is 0 Å². The summed E-state index contributed by atoms with van der Waals surface area (Å²) in [4.78, 5) is 13.3. The third-order valence-electron chi connectivity index (χ3n) is 7.03. The van der Waals surface area contributed by atoms with Gasteiger partial charge in [0.25, 0.3) is 0 Å². The molecule has 0 aliphatic carbocycles. The van der Waals surface area contributed by atoms with Gasteiger partial charge in [0.05, 0.1) is 0 Å². The molecular weight excluding hydrogens is 470 g/mol. The lowest BCUT2D eigenvalue weighted by molar-refractivity contribution is 0.0422. The molecule has 4 heteroatoms. The van der Waals surface area contributed by atoms with Crippen LogP contribution in [0.2, 0.25) is 0 Å². The fourth-order valence-corrected chi connectivity index (χ4v) is 4.68. The van der Waals surface area contributed by atoms with Gasteiger partial charge in [-0.15, -0.1) is 0 Å². The number of ether oxygens (including phenoxy) is 1. The van der Waals surface area contributed by atoms with Crippen molar-refractivity contribution in [3.8, 4) is 0 Å². The molecule has 0 aromatic carbocycles. The van der Waals surface area contributed by atoms with Crippen molar-refractivity contribution in [2.45, 2.75) is 154 Å². The molecule has 38 heavy (non-hydrogen) atoms. The molecule has 1 N–H and O–H groups in total. The molecule has 0 amide bonds. The van der Waals surface area contributed by atoms with Gasteiger partial charge in [-0.2, -0.15) is 0 Å². The van der Waals surface area contributed by atoms with E-state index in [9.17, 15) is 4.79 Å². The Bertz CT molecular complexity index is 582. The highest BCUT2D eigenvalue weighted by molar-refractivity contribution is 5.57. The van der Waals surface area contributed by atoms with Gasteiger partial charge in [0.15, 0.2) is 0 Å². The van der Waals surface area contributed by atoms with Gasteiger partial charge >= 0.3 is 6.16 Å². The first kappa shape index (κ1) is 36.5. The van der Waals surface area contributed by atoms with Crippen molar-refractivity contribution in [1.29, 1.82) is 0 Å². The molecule has 0 saturated carbocycles. The largest absolute Gasteiger partial charge is 0.506 e. The number of unbranched alkanes of at least 4 members (excludes halogenated alkanes) is 15. The maximum Gasteiger partial charge on any atom is 0.506 e. The van der Waals surface area contributed by atoms with Crippen molar-refractivity contribution in [2.75, 3.05) is 20.6 Å². The van der Waals surface area contributed by atoms with E-state index in [1.807, 2.05) is 0 Å². The van der Waals surface area contributed by atoms with Crippen LogP contribution in [0.3, 0.4) is 0 Å². The van der Waals surface area contributed by atoms with Gasteiger partial charge in [0.2, 0.25) is 0 Å². The van der Waals surface area contributed by atoms with Gasteiger partial charge in [0, 0.05) is 0 Å². The molecule has 0 aliphatic heterocycles. The summed E-state index contributed by atoms with van der Waals surface area (Å²) in [5, 5.41) is 9.08. The van der Waals surface area contributed by atoms with Gasteiger partial charge in [-0.1, -0.05) is 94.7 Å². The Hall–Kier alpha value is -1.55. The van der Waals surface area contributed by atoms with Crippen LogP contribution >= 0.6 is 0 Å². The first-order valence-corrected chi connectivity index (χ1v) is 16.1. The number of hydrogen-bond acceptors (Lipinski definition) is 3. The molecule has 0 spiro atoms. The van der Waals surface area contributed by atoms with Gasteiger partial charge < -0.3 is 14.7 Å². The van der Waals surface area contributed by atoms with E-state index in [0.29, 0.717) is 0 Å². The highest BCUT2D eigenvalue weighted by Gasteiger charge is 2.13. The molecule has 0 aliphatic rings. The van der Waals surface area contributed by atoms with Gasteiger partial charge in [-0.25, -0.2) is 4.79 Å². The van der Waals surface area contributed by atoms with Crippen molar-refractivity contribution in [3.63, 3.8) is 0 Å². The third kappa shape index (κ3) is 30.7. The minimum absolute atomic E-state index is 0.127. The molecule has 1 atom stereocenters. The second-order valence-electron chi connectivity index (χ2n) is 11.1. The molecule has 0 aromatic heterocycles. The second-order valence-corrected chi connectivity index (χ2v) is 11.1. The lowest BCUT2D eigenvalue weighted by atomic mass is 10.0. The Labute approximate surface area is 237 Å². The smallest absolute Gasteiger partial charge is 0.450 e. The number of carboxylic acid groups (broad SMARTS) is 1. The van der Waals surface area contributed by atoms with Crippen molar-refractivity contribution < 1.29 is 14.6 Å². The van der Waals surface area contributed by atoms with E-state index in [1.165, 1.54) is 116 Å². The van der Waals surface area contributed by atoms with E-state index in [-0.39, 0.29) is 6.10 Å². The van der Waals surface area contributed by atoms with Crippen molar-refractivity contribution >= 4 is 6.16 Å². The molecule has 0 fully saturated rings. The van der Waals surface area contributed by atoms with E-state index in [2.05, 4.69) is 62.4 Å². The SMILES string of the molecule is CCCCCC=CCC=CCCCCCCCC(CCCCCCC=CCCCCCN(C)C)OC(=O)O. The zero-order chi connectivity index (χ0) is 27.9. The van der Waals surface area contributed by atoms with Crippen LogP contribution in [0.1, 0.15) is 148 Å². The Balaban J connectivity index is 3.65. The summed E-state index contributed by atoms with van der Waals surface area (Å²) in [6.07, 6.45) is 38.7. The number of allylic oxidation sites excluding steroid dienone is 6. The topological polar surface area (TPSA) is 49.8 Å². The normalized spacial score (nSPS) is 12.9. The van der Waals surface area contributed by atoms with E-state index < -0.39 is 6.16 Å². The molecule has 1 unspecified atom stereocenters. The van der Waals surface area contributed by atoms with Crippen LogP contribution in [0.15, 0.2) is 36.5 Å². The Kier molecular flexibility index (Phi) is 28.8. The Morgan fingerprint density at radius 3 is 1.53 bits per heavy atom. The summed E-state index contributed by atoms with van der Waals surface area (Å²) in [5.74, 6) is 0. The van der Waals surface area contributed by atoms with Crippen LogP contribution in [0.5, 0.6) is 0 Å². The predicted molar refractivity (Wildman–Crippen MR) is 166 cm³/mol. The average molecular weight is 534 g/mol. The fourth-order valence-electron chi connectivity index (χ4n) is 4.68. The molecular formula is C34H63NO3. The van der Waals surface area contributed by atoms with Gasteiger partial charge in [-0.05, 0) is 111 Å². The maximum absolute atomic E-state index is 11.1. The first-order chi connectivity index (χ1) is 18.6. The van der Waals surface area contributed by atoms with Crippen molar-refractivity contribution in [2.24, 2.45) is 0 Å². The second kappa shape index (κ2) is 30.0. The number of hydrogen-bond donors (Lipinski definition) is 1. The monoisotopic (exact) mass is 533 g/mol. The maximum atomic E-state index is 11.1. The zero-order valence-electron chi connectivity index (χ0n) is 25.5. The standard InChI is InChI=1S/C34H63NO3/c1-4-5-6-7-8-9-10-11-12-13-15-18-21-24-27-30-33(38-34(36)37)31-28-25-22-19-16-14-17-20-23-26-29-32-35(2)3/h8-9,11-12,14,17,33H,4-7,10,13,15-16,18-32H2,1-3H3,(H,36,37). The third-order valence-corrected chi connectivity index (χ3v) is 7.03. The van der Waals surface area contributed by atoms with E-state index in [0.717, 1.165) is 32.1 Å². The summed E-state index contributed by atoms with van der Waals surface area (Å²) in [7, 11) is 4.27. The molecule has 4 nitrogen and oxygen atoms in total. The van der Waals surface area contributed by atoms with Crippen LogP contribution in [0, 0.1) is 0 Å². The number of rotatable bonds is 28. The average Bonchev–Trinajstić information content (AvgIpc) is 2.88. The summed E-state index contributed by atoms with van der Waals surface area (Å²) >= 11 is 0. The Morgan fingerprint density at radius 1 is 0.632 bits per heavy atom.